The van der Waals surface area contributed by atoms with Crippen molar-refractivity contribution >= 4 is 27.8 Å². The standard InChI is InChI=1S/C23H17NO/c1-16-8-6-10-18-17(16)9-7-13-19(18)24-20-11-2-4-14-22(20)25-23-15-5-3-12-21(23)24/h2-15H,1H3. The molecule has 25 heavy (non-hydrogen) atoms. The minimum absolute atomic E-state index is 0.880. The van der Waals surface area contributed by atoms with Crippen molar-refractivity contribution in [1.29, 1.82) is 0 Å². The molecule has 2 nitrogen and oxygen atoms in total. The molecule has 0 amide bonds. The van der Waals surface area contributed by atoms with Gasteiger partial charge in [-0.1, -0.05) is 54.6 Å². The monoisotopic (exact) mass is 323 g/mol. The molecule has 1 heterocycles. The molecule has 0 atom stereocenters. The fourth-order valence-electron chi connectivity index (χ4n) is 3.61. The van der Waals surface area contributed by atoms with Crippen LogP contribution in [0.2, 0.25) is 0 Å². The lowest BCUT2D eigenvalue weighted by Crippen LogP contribution is -2.15. The van der Waals surface area contributed by atoms with Gasteiger partial charge in [-0.2, -0.15) is 0 Å². The second kappa shape index (κ2) is 5.38. The van der Waals surface area contributed by atoms with Gasteiger partial charge in [0.15, 0.2) is 11.5 Å². The molecule has 0 saturated heterocycles. The van der Waals surface area contributed by atoms with Crippen LogP contribution in [0.15, 0.2) is 84.9 Å². The van der Waals surface area contributed by atoms with E-state index in [0.29, 0.717) is 0 Å². The van der Waals surface area contributed by atoms with Crippen LogP contribution in [0.3, 0.4) is 0 Å². The third-order valence-corrected chi connectivity index (χ3v) is 4.79. The number of hydrogen-bond acceptors (Lipinski definition) is 2. The van der Waals surface area contributed by atoms with Crippen LogP contribution in [0.25, 0.3) is 10.8 Å². The van der Waals surface area contributed by atoms with Crippen molar-refractivity contribution in [3.63, 3.8) is 0 Å². The maximum absolute atomic E-state index is 6.12. The molecule has 5 rings (SSSR count). The lowest BCUT2D eigenvalue weighted by molar-refractivity contribution is 0.477. The Labute approximate surface area is 146 Å². The van der Waals surface area contributed by atoms with Crippen LogP contribution in [0, 0.1) is 6.92 Å². The van der Waals surface area contributed by atoms with Gasteiger partial charge in [0.2, 0.25) is 0 Å². The van der Waals surface area contributed by atoms with E-state index in [-0.39, 0.29) is 0 Å². The van der Waals surface area contributed by atoms with Crippen LogP contribution >= 0.6 is 0 Å². The number of anilines is 3. The van der Waals surface area contributed by atoms with Crippen LogP contribution in [0.1, 0.15) is 5.56 Å². The van der Waals surface area contributed by atoms with Crippen molar-refractivity contribution in [2.75, 3.05) is 4.90 Å². The Morgan fingerprint density at radius 2 is 1.12 bits per heavy atom. The third-order valence-electron chi connectivity index (χ3n) is 4.79. The van der Waals surface area contributed by atoms with E-state index in [1.807, 2.05) is 24.3 Å². The minimum Gasteiger partial charge on any atom is -0.453 e. The first kappa shape index (κ1) is 14.1. The summed E-state index contributed by atoms with van der Waals surface area (Å²) in [6, 6.07) is 29.4. The maximum atomic E-state index is 6.12. The fourth-order valence-corrected chi connectivity index (χ4v) is 3.61. The number of rotatable bonds is 1. The first-order valence-corrected chi connectivity index (χ1v) is 8.47. The van der Waals surface area contributed by atoms with E-state index in [4.69, 9.17) is 4.74 Å². The number of fused-ring (bicyclic) bond motifs is 3. The molecule has 0 aromatic heterocycles. The van der Waals surface area contributed by atoms with Crippen LogP contribution in [0.5, 0.6) is 11.5 Å². The summed E-state index contributed by atoms with van der Waals surface area (Å²) >= 11 is 0. The first-order chi connectivity index (χ1) is 12.3. The third kappa shape index (κ3) is 2.11. The predicted molar refractivity (Wildman–Crippen MR) is 103 cm³/mol. The molecule has 1 aliphatic rings. The number of hydrogen-bond donors (Lipinski definition) is 0. The minimum atomic E-state index is 0.880. The van der Waals surface area contributed by atoms with E-state index in [9.17, 15) is 0 Å². The van der Waals surface area contributed by atoms with Crippen molar-refractivity contribution in [3.05, 3.63) is 90.5 Å². The normalized spacial score (nSPS) is 12.4. The van der Waals surface area contributed by atoms with Crippen molar-refractivity contribution in [2.45, 2.75) is 6.92 Å². The average molecular weight is 323 g/mol. The molecule has 4 aromatic carbocycles. The van der Waals surface area contributed by atoms with Crippen LogP contribution in [0.4, 0.5) is 17.1 Å². The van der Waals surface area contributed by atoms with Crippen molar-refractivity contribution < 1.29 is 4.74 Å². The first-order valence-electron chi connectivity index (χ1n) is 8.47. The summed E-state index contributed by atoms with van der Waals surface area (Å²) in [4.78, 5) is 2.30. The molecule has 0 saturated carbocycles. The molecular weight excluding hydrogens is 306 g/mol. The summed E-state index contributed by atoms with van der Waals surface area (Å²) in [6.07, 6.45) is 0. The van der Waals surface area contributed by atoms with Crippen molar-refractivity contribution in [3.8, 4) is 11.5 Å². The van der Waals surface area contributed by atoms with E-state index in [1.165, 1.54) is 22.0 Å². The molecular formula is C23H17NO. The lowest BCUT2D eigenvalue weighted by atomic mass is 10.0. The van der Waals surface area contributed by atoms with Gasteiger partial charge in [0.05, 0.1) is 17.1 Å². The molecule has 0 unspecified atom stereocenters. The Kier molecular flexibility index (Phi) is 3.04. The van der Waals surface area contributed by atoms with Gasteiger partial charge < -0.3 is 9.64 Å². The molecule has 0 fully saturated rings. The maximum Gasteiger partial charge on any atom is 0.151 e. The molecule has 0 radical (unpaired) electrons. The molecule has 1 aliphatic heterocycles. The highest BCUT2D eigenvalue weighted by atomic mass is 16.5. The van der Waals surface area contributed by atoms with Gasteiger partial charge >= 0.3 is 0 Å². The van der Waals surface area contributed by atoms with E-state index in [0.717, 1.165) is 22.9 Å². The zero-order chi connectivity index (χ0) is 16.8. The van der Waals surface area contributed by atoms with Gasteiger partial charge in [-0.25, -0.2) is 0 Å². The zero-order valence-electron chi connectivity index (χ0n) is 13.9. The molecule has 0 aliphatic carbocycles. The van der Waals surface area contributed by atoms with E-state index in [2.05, 4.69) is 72.5 Å². The Bertz CT molecular complexity index is 1050. The summed E-state index contributed by atoms with van der Waals surface area (Å²) in [7, 11) is 0. The average Bonchev–Trinajstić information content (AvgIpc) is 2.66. The SMILES string of the molecule is Cc1cccc2c(N3c4ccccc4Oc4ccccc43)cccc12. The summed E-state index contributed by atoms with van der Waals surface area (Å²) in [5.41, 5.74) is 4.59. The molecule has 0 spiro atoms. The smallest absolute Gasteiger partial charge is 0.151 e. The molecule has 0 bridgehead atoms. The molecule has 0 N–H and O–H groups in total. The fraction of sp³-hybridized carbons (Fsp3) is 0.0435. The Hall–Kier alpha value is -3.26. The van der Waals surface area contributed by atoms with Crippen molar-refractivity contribution in [2.24, 2.45) is 0 Å². The second-order valence-electron chi connectivity index (χ2n) is 6.32. The highest BCUT2D eigenvalue weighted by Gasteiger charge is 2.26. The summed E-state index contributed by atoms with van der Waals surface area (Å²) < 4.78 is 6.12. The second-order valence-corrected chi connectivity index (χ2v) is 6.32. The number of para-hydroxylation sites is 4. The number of nitrogens with zero attached hydrogens (tertiary/aromatic N) is 1. The highest BCUT2D eigenvalue weighted by molar-refractivity contribution is 6.02. The molecule has 120 valence electrons. The van der Waals surface area contributed by atoms with Gasteiger partial charge in [-0.05, 0) is 48.2 Å². The highest BCUT2D eigenvalue weighted by Crippen LogP contribution is 2.51. The van der Waals surface area contributed by atoms with Gasteiger partial charge in [0.25, 0.3) is 0 Å². The molecule has 2 heteroatoms. The quantitative estimate of drug-likeness (QED) is 0.339. The Morgan fingerprint density at radius 3 is 1.84 bits per heavy atom. The van der Waals surface area contributed by atoms with E-state index in [1.54, 1.807) is 0 Å². The molecule has 4 aromatic rings. The zero-order valence-corrected chi connectivity index (χ0v) is 13.9. The number of aryl methyl sites for hydroxylation is 1. The van der Waals surface area contributed by atoms with Crippen LogP contribution in [-0.4, -0.2) is 0 Å². The van der Waals surface area contributed by atoms with Gasteiger partial charge in [0, 0.05) is 5.39 Å². The van der Waals surface area contributed by atoms with Crippen LogP contribution in [-0.2, 0) is 0 Å². The topological polar surface area (TPSA) is 12.5 Å². The van der Waals surface area contributed by atoms with Gasteiger partial charge in [-0.15, -0.1) is 0 Å². The predicted octanol–water partition coefficient (Wildman–Crippen LogP) is 6.72. The largest absolute Gasteiger partial charge is 0.453 e. The Morgan fingerprint density at radius 1 is 0.560 bits per heavy atom. The van der Waals surface area contributed by atoms with E-state index >= 15 is 0 Å². The van der Waals surface area contributed by atoms with Crippen molar-refractivity contribution in [1.82, 2.24) is 0 Å². The lowest BCUT2D eigenvalue weighted by Gasteiger charge is -2.33. The van der Waals surface area contributed by atoms with Gasteiger partial charge in [-0.3, -0.25) is 0 Å². The Balaban J connectivity index is 1.85. The van der Waals surface area contributed by atoms with Crippen LogP contribution < -0.4 is 9.64 Å². The number of ether oxygens (including phenoxy) is 1. The summed E-state index contributed by atoms with van der Waals surface area (Å²) in [5, 5.41) is 2.52. The van der Waals surface area contributed by atoms with E-state index < -0.39 is 0 Å². The number of benzene rings is 4. The summed E-state index contributed by atoms with van der Waals surface area (Å²) in [5.74, 6) is 1.76. The van der Waals surface area contributed by atoms with Gasteiger partial charge in [0.1, 0.15) is 0 Å². The summed E-state index contributed by atoms with van der Waals surface area (Å²) in [6.45, 7) is 2.16.